The second-order valence-corrected chi connectivity index (χ2v) is 9.28. The van der Waals surface area contributed by atoms with E-state index < -0.39 is 0 Å². The molecule has 0 unspecified atom stereocenters. The van der Waals surface area contributed by atoms with Crippen LogP contribution in [0.2, 0.25) is 5.02 Å². The Hall–Kier alpha value is -2.27. The van der Waals surface area contributed by atoms with Crippen molar-refractivity contribution in [2.24, 2.45) is 10.9 Å². The van der Waals surface area contributed by atoms with Gasteiger partial charge in [0.2, 0.25) is 0 Å². The maximum Gasteiger partial charge on any atom is 0.266 e. The van der Waals surface area contributed by atoms with Crippen LogP contribution in [0.3, 0.4) is 0 Å². The van der Waals surface area contributed by atoms with Gasteiger partial charge in [0.25, 0.3) is 5.91 Å². The van der Waals surface area contributed by atoms with Gasteiger partial charge in [0.15, 0.2) is 11.8 Å². The highest BCUT2D eigenvalue weighted by molar-refractivity contribution is 9.10. The summed E-state index contributed by atoms with van der Waals surface area (Å²) >= 11 is 10.7. The predicted molar refractivity (Wildman–Crippen MR) is 126 cm³/mol. The van der Waals surface area contributed by atoms with Crippen molar-refractivity contribution in [3.8, 4) is 11.8 Å². The third kappa shape index (κ3) is 5.66. The molecule has 1 aliphatic rings. The number of rotatable bonds is 6. The zero-order chi connectivity index (χ0) is 21.7. The van der Waals surface area contributed by atoms with E-state index in [-0.39, 0.29) is 18.4 Å². The third-order valence-electron chi connectivity index (χ3n) is 4.04. The molecular formula is C22H19BrClN3O2S. The molecular weight excluding hydrogens is 486 g/mol. The Balaban J connectivity index is 1.98. The van der Waals surface area contributed by atoms with Crippen LogP contribution in [-0.4, -0.2) is 29.1 Å². The van der Waals surface area contributed by atoms with E-state index in [0.717, 1.165) is 10.2 Å². The molecule has 2 aromatic rings. The highest BCUT2D eigenvalue weighted by atomic mass is 79.9. The van der Waals surface area contributed by atoms with Crippen LogP contribution in [0.15, 0.2) is 56.8 Å². The molecule has 154 valence electrons. The Morgan fingerprint density at radius 2 is 2.03 bits per heavy atom. The van der Waals surface area contributed by atoms with E-state index >= 15 is 0 Å². The smallest absolute Gasteiger partial charge is 0.266 e. The monoisotopic (exact) mass is 503 g/mol. The topological polar surface area (TPSA) is 65.7 Å². The Labute approximate surface area is 193 Å². The molecule has 1 saturated heterocycles. The SMILES string of the molecule is CC(C)CN1C(=O)/C(=C/c2cc(Br)ccc2OCC#N)SC1=Nc1ccc(Cl)cc1. The van der Waals surface area contributed by atoms with E-state index in [1.807, 2.05) is 30.3 Å². The maximum absolute atomic E-state index is 13.1. The van der Waals surface area contributed by atoms with E-state index in [0.29, 0.717) is 33.0 Å². The van der Waals surface area contributed by atoms with Gasteiger partial charge in [0.1, 0.15) is 11.8 Å². The fourth-order valence-electron chi connectivity index (χ4n) is 2.76. The van der Waals surface area contributed by atoms with Crippen molar-refractivity contribution < 1.29 is 9.53 Å². The Morgan fingerprint density at radius 3 is 2.70 bits per heavy atom. The highest BCUT2D eigenvalue weighted by Crippen LogP contribution is 2.36. The average molecular weight is 505 g/mol. The Morgan fingerprint density at radius 1 is 1.30 bits per heavy atom. The lowest BCUT2D eigenvalue weighted by atomic mass is 10.1. The van der Waals surface area contributed by atoms with E-state index in [2.05, 4.69) is 34.8 Å². The summed E-state index contributed by atoms with van der Waals surface area (Å²) in [7, 11) is 0. The van der Waals surface area contributed by atoms with Crippen molar-refractivity contribution in [1.29, 1.82) is 5.26 Å². The van der Waals surface area contributed by atoms with Crippen LogP contribution in [-0.2, 0) is 4.79 Å². The molecule has 0 radical (unpaired) electrons. The first-order chi connectivity index (χ1) is 14.4. The normalized spacial score (nSPS) is 16.5. The minimum Gasteiger partial charge on any atom is -0.478 e. The van der Waals surface area contributed by atoms with Gasteiger partial charge < -0.3 is 4.74 Å². The van der Waals surface area contributed by atoms with Crippen LogP contribution in [0.25, 0.3) is 6.08 Å². The van der Waals surface area contributed by atoms with Crippen LogP contribution in [0, 0.1) is 17.2 Å². The van der Waals surface area contributed by atoms with E-state index in [4.69, 9.17) is 21.6 Å². The quantitative estimate of drug-likeness (QED) is 0.435. The summed E-state index contributed by atoms with van der Waals surface area (Å²) in [5.41, 5.74) is 1.44. The second-order valence-electron chi connectivity index (χ2n) is 6.92. The molecule has 0 atom stereocenters. The molecule has 0 aromatic heterocycles. The van der Waals surface area contributed by atoms with Gasteiger partial charge in [-0.1, -0.05) is 41.4 Å². The van der Waals surface area contributed by atoms with Crippen LogP contribution in [0.4, 0.5) is 5.69 Å². The Kier molecular flexibility index (Phi) is 7.59. The van der Waals surface area contributed by atoms with Crippen molar-refractivity contribution in [2.75, 3.05) is 13.2 Å². The van der Waals surface area contributed by atoms with E-state index in [1.165, 1.54) is 11.8 Å². The lowest BCUT2D eigenvalue weighted by Gasteiger charge is -2.17. The molecule has 0 spiro atoms. The molecule has 3 rings (SSSR count). The van der Waals surface area contributed by atoms with Crippen LogP contribution in [0.5, 0.6) is 5.75 Å². The maximum atomic E-state index is 13.1. The summed E-state index contributed by atoms with van der Waals surface area (Å²) < 4.78 is 6.36. The summed E-state index contributed by atoms with van der Waals surface area (Å²) in [5, 5.41) is 10.1. The van der Waals surface area contributed by atoms with Crippen LogP contribution in [0.1, 0.15) is 19.4 Å². The van der Waals surface area contributed by atoms with Crippen molar-refractivity contribution in [1.82, 2.24) is 4.90 Å². The summed E-state index contributed by atoms with van der Waals surface area (Å²) in [6.45, 7) is 4.61. The zero-order valence-electron chi connectivity index (χ0n) is 16.4. The number of aliphatic imine (C=N–C) groups is 1. The standard InChI is InChI=1S/C22H19BrClN3O2S/c1-14(2)13-27-21(28)20(30-22(27)26-18-6-4-17(24)5-7-18)12-15-11-16(23)3-8-19(15)29-10-9-25/h3-8,11-12,14H,10,13H2,1-2H3/b20-12-,26-22?. The van der Waals surface area contributed by atoms with E-state index in [1.54, 1.807) is 29.2 Å². The van der Waals surface area contributed by atoms with Gasteiger partial charge in [-0.25, -0.2) is 4.99 Å². The fraction of sp³-hybridized carbons (Fsp3) is 0.227. The molecule has 1 fully saturated rings. The molecule has 0 N–H and O–H groups in total. The van der Waals surface area contributed by atoms with Crippen molar-refractivity contribution in [3.63, 3.8) is 0 Å². The molecule has 0 aliphatic carbocycles. The number of benzene rings is 2. The Bertz CT molecular complexity index is 1050. The summed E-state index contributed by atoms with van der Waals surface area (Å²) in [4.78, 5) is 20.1. The minimum atomic E-state index is -0.104. The van der Waals surface area contributed by atoms with Gasteiger partial charge >= 0.3 is 0 Å². The second kappa shape index (κ2) is 10.2. The molecule has 2 aromatic carbocycles. The summed E-state index contributed by atoms with van der Waals surface area (Å²) in [6.07, 6.45) is 1.78. The van der Waals surface area contributed by atoms with Gasteiger partial charge in [-0.05, 0) is 66.2 Å². The number of hydrogen-bond donors (Lipinski definition) is 0. The number of carbonyl (C=O) groups excluding carboxylic acids is 1. The number of halogens is 2. The van der Waals surface area contributed by atoms with Gasteiger partial charge in [-0.3, -0.25) is 9.69 Å². The molecule has 30 heavy (non-hydrogen) atoms. The first kappa shape index (κ1) is 22.4. The number of nitrogens with zero attached hydrogens (tertiary/aromatic N) is 3. The van der Waals surface area contributed by atoms with Gasteiger partial charge in [-0.2, -0.15) is 5.26 Å². The van der Waals surface area contributed by atoms with Gasteiger partial charge in [0, 0.05) is 21.6 Å². The number of nitriles is 1. The highest BCUT2D eigenvalue weighted by Gasteiger charge is 2.34. The molecule has 0 bridgehead atoms. The summed E-state index contributed by atoms with van der Waals surface area (Å²) in [5.74, 6) is 0.719. The van der Waals surface area contributed by atoms with Crippen molar-refractivity contribution in [2.45, 2.75) is 13.8 Å². The predicted octanol–water partition coefficient (Wildman–Crippen LogP) is 6.26. The largest absolute Gasteiger partial charge is 0.478 e. The molecule has 8 heteroatoms. The lowest BCUT2D eigenvalue weighted by molar-refractivity contribution is -0.122. The zero-order valence-corrected chi connectivity index (χ0v) is 19.6. The number of amidine groups is 1. The number of ether oxygens (including phenoxy) is 1. The van der Waals surface area contributed by atoms with Gasteiger partial charge in [-0.15, -0.1) is 0 Å². The van der Waals surface area contributed by atoms with Crippen LogP contribution >= 0.6 is 39.3 Å². The van der Waals surface area contributed by atoms with Crippen molar-refractivity contribution >= 4 is 62.1 Å². The number of carbonyl (C=O) groups is 1. The minimum absolute atomic E-state index is 0.0678. The van der Waals surface area contributed by atoms with E-state index in [9.17, 15) is 4.79 Å². The average Bonchev–Trinajstić information content (AvgIpc) is 2.97. The third-order valence-corrected chi connectivity index (χ3v) is 5.79. The van der Waals surface area contributed by atoms with Crippen molar-refractivity contribution in [3.05, 3.63) is 62.4 Å². The van der Waals surface area contributed by atoms with Gasteiger partial charge in [0.05, 0.1) is 10.6 Å². The molecule has 0 saturated carbocycles. The van der Waals surface area contributed by atoms with Crippen LogP contribution < -0.4 is 4.74 Å². The number of amides is 1. The summed E-state index contributed by atoms with van der Waals surface area (Å²) in [6, 6.07) is 14.6. The first-order valence-corrected chi connectivity index (χ1v) is 11.2. The number of hydrogen-bond acceptors (Lipinski definition) is 5. The molecule has 1 aliphatic heterocycles. The first-order valence-electron chi connectivity index (χ1n) is 9.22. The molecule has 1 heterocycles. The lowest BCUT2D eigenvalue weighted by Crippen LogP contribution is -2.32. The molecule has 1 amide bonds. The molecule has 5 nitrogen and oxygen atoms in total. The number of thioether (sulfide) groups is 1. The fourth-order valence-corrected chi connectivity index (χ4v) is 4.26.